The minimum absolute atomic E-state index is 0.113. The molecule has 0 aliphatic carbocycles. The fraction of sp³-hybridized carbons (Fsp3) is 0.350. The van der Waals surface area contributed by atoms with Crippen molar-refractivity contribution in [3.63, 3.8) is 0 Å². The molecule has 2 aromatic carbocycles. The molecule has 2 N–H and O–H groups in total. The van der Waals surface area contributed by atoms with Gasteiger partial charge in [-0.1, -0.05) is 37.3 Å². The number of hydrogen-bond donors (Lipinski definition) is 2. The van der Waals surface area contributed by atoms with E-state index in [4.69, 9.17) is 0 Å². The maximum absolute atomic E-state index is 12.6. The van der Waals surface area contributed by atoms with E-state index in [1.54, 1.807) is 12.1 Å². The first-order valence-electron chi connectivity index (χ1n) is 9.30. The first kappa shape index (κ1) is 20.9. The zero-order chi connectivity index (χ0) is 20.0. The first-order valence-corrected chi connectivity index (χ1v) is 11.8. The molecule has 1 heterocycles. The average molecular weight is 420 g/mol. The molecular formula is C20H25N3O3S2. The summed E-state index contributed by atoms with van der Waals surface area (Å²) in [5.41, 5.74) is 1.81. The van der Waals surface area contributed by atoms with Gasteiger partial charge in [0.15, 0.2) is 0 Å². The van der Waals surface area contributed by atoms with Crippen LogP contribution < -0.4 is 10.0 Å². The van der Waals surface area contributed by atoms with Crippen LogP contribution in [0.1, 0.15) is 18.9 Å². The zero-order valence-corrected chi connectivity index (χ0v) is 17.5. The molecule has 1 amide bonds. The lowest BCUT2D eigenvalue weighted by Gasteiger charge is -2.20. The monoisotopic (exact) mass is 419 g/mol. The van der Waals surface area contributed by atoms with E-state index in [0.717, 1.165) is 31.0 Å². The lowest BCUT2D eigenvalue weighted by atomic mass is 10.2. The Bertz CT molecular complexity index is 918. The number of amides is 1. The van der Waals surface area contributed by atoms with Crippen LogP contribution in [0.25, 0.3) is 0 Å². The molecule has 1 aliphatic rings. The highest BCUT2D eigenvalue weighted by Crippen LogP contribution is 2.32. The second-order valence-corrected chi connectivity index (χ2v) is 9.38. The molecule has 2 aromatic rings. The van der Waals surface area contributed by atoms with Gasteiger partial charge in [0.05, 0.1) is 16.3 Å². The minimum atomic E-state index is -3.60. The average Bonchev–Trinajstić information content (AvgIpc) is 2.70. The maximum Gasteiger partial charge on any atom is 0.240 e. The summed E-state index contributed by atoms with van der Waals surface area (Å²) in [6.45, 7) is 5.04. The van der Waals surface area contributed by atoms with Crippen LogP contribution in [0.3, 0.4) is 0 Å². The van der Waals surface area contributed by atoms with E-state index in [2.05, 4.69) is 34.0 Å². The van der Waals surface area contributed by atoms with Crippen LogP contribution in [-0.2, 0) is 21.4 Å². The normalized spacial score (nSPS) is 14.0. The van der Waals surface area contributed by atoms with Crippen molar-refractivity contribution in [1.82, 2.24) is 9.62 Å². The number of carbonyl (C=O) groups excluding carboxylic acids is 1. The van der Waals surface area contributed by atoms with Gasteiger partial charge >= 0.3 is 0 Å². The van der Waals surface area contributed by atoms with E-state index in [1.807, 2.05) is 18.2 Å². The van der Waals surface area contributed by atoms with E-state index in [0.29, 0.717) is 18.0 Å². The highest BCUT2D eigenvalue weighted by Gasteiger charge is 2.20. The Hall–Kier alpha value is -1.87. The Kier molecular flexibility index (Phi) is 7.12. The Balaban J connectivity index is 1.52. The lowest BCUT2D eigenvalue weighted by Crippen LogP contribution is -2.30. The number of benzene rings is 2. The topological polar surface area (TPSA) is 78.5 Å². The van der Waals surface area contributed by atoms with Gasteiger partial charge in [0, 0.05) is 18.0 Å². The highest BCUT2D eigenvalue weighted by atomic mass is 32.2. The SMILES string of the molecule is CCN(CCCNS(=O)(=O)c1ccc2c(c1)NC(=O)CS2)Cc1ccccc1. The molecule has 0 radical (unpaired) electrons. The van der Waals surface area contributed by atoms with Crippen LogP contribution in [-0.4, -0.2) is 44.6 Å². The van der Waals surface area contributed by atoms with Gasteiger partial charge in [0.25, 0.3) is 0 Å². The molecule has 150 valence electrons. The summed E-state index contributed by atoms with van der Waals surface area (Å²) in [7, 11) is -3.60. The van der Waals surface area contributed by atoms with Crippen molar-refractivity contribution >= 4 is 33.4 Å². The molecule has 8 heteroatoms. The molecule has 0 aromatic heterocycles. The van der Waals surface area contributed by atoms with Crippen LogP contribution in [0.4, 0.5) is 5.69 Å². The fourth-order valence-electron chi connectivity index (χ4n) is 3.01. The van der Waals surface area contributed by atoms with Crippen LogP contribution in [0.15, 0.2) is 58.3 Å². The molecule has 0 unspecified atom stereocenters. The summed E-state index contributed by atoms with van der Waals surface area (Å²) in [6.07, 6.45) is 0.720. The standard InChI is InChI=1S/C20H25N3O3S2/c1-2-23(14-16-7-4-3-5-8-16)12-6-11-21-28(25,26)17-9-10-19-18(13-17)22-20(24)15-27-19/h3-5,7-10,13,21H,2,6,11-12,14-15H2,1H3,(H,22,24). The van der Waals surface area contributed by atoms with Gasteiger partial charge in [0.2, 0.25) is 15.9 Å². The molecule has 0 fully saturated rings. The number of fused-ring (bicyclic) bond motifs is 1. The molecule has 3 rings (SSSR count). The summed E-state index contributed by atoms with van der Waals surface area (Å²) < 4.78 is 27.8. The van der Waals surface area contributed by atoms with Crippen molar-refractivity contribution in [3.05, 3.63) is 54.1 Å². The predicted molar refractivity (Wildman–Crippen MR) is 113 cm³/mol. The number of hydrogen-bond acceptors (Lipinski definition) is 5. The smallest absolute Gasteiger partial charge is 0.240 e. The van der Waals surface area contributed by atoms with Crippen LogP contribution in [0.5, 0.6) is 0 Å². The lowest BCUT2D eigenvalue weighted by molar-refractivity contribution is -0.113. The Morgan fingerprint density at radius 1 is 1.18 bits per heavy atom. The van der Waals surface area contributed by atoms with Crippen molar-refractivity contribution in [1.29, 1.82) is 0 Å². The van der Waals surface area contributed by atoms with Gasteiger partial charge in [0.1, 0.15) is 0 Å². The second-order valence-electron chi connectivity index (χ2n) is 6.60. The quantitative estimate of drug-likeness (QED) is 0.611. The number of sulfonamides is 1. The van der Waals surface area contributed by atoms with Gasteiger partial charge in [-0.05, 0) is 43.3 Å². The Morgan fingerprint density at radius 2 is 1.96 bits per heavy atom. The first-order chi connectivity index (χ1) is 13.5. The number of carbonyl (C=O) groups is 1. The van der Waals surface area contributed by atoms with Crippen molar-refractivity contribution in [2.75, 3.05) is 30.7 Å². The third-order valence-corrected chi connectivity index (χ3v) is 7.07. The van der Waals surface area contributed by atoms with Crippen molar-refractivity contribution in [3.8, 4) is 0 Å². The van der Waals surface area contributed by atoms with Gasteiger partial charge in [-0.2, -0.15) is 0 Å². The van der Waals surface area contributed by atoms with Crippen LogP contribution in [0.2, 0.25) is 0 Å². The highest BCUT2D eigenvalue weighted by molar-refractivity contribution is 8.00. The number of nitrogens with zero attached hydrogens (tertiary/aromatic N) is 1. The Morgan fingerprint density at radius 3 is 2.71 bits per heavy atom. The molecule has 0 bridgehead atoms. The van der Waals surface area contributed by atoms with Crippen molar-refractivity contribution < 1.29 is 13.2 Å². The Labute approximate surface area is 170 Å². The van der Waals surface area contributed by atoms with Crippen molar-refractivity contribution in [2.24, 2.45) is 0 Å². The van der Waals surface area contributed by atoms with Gasteiger partial charge in [-0.25, -0.2) is 13.1 Å². The minimum Gasteiger partial charge on any atom is -0.324 e. The second kappa shape index (κ2) is 9.56. The third-order valence-electron chi connectivity index (χ3n) is 4.53. The number of anilines is 1. The predicted octanol–water partition coefficient (Wildman–Crippen LogP) is 2.92. The fourth-order valence-corrected chi connectivity index (χ4v) is 4.90. The summed E-state index contributed by atoms with van der Waals surface area (Å²) >= 11 is 1.41. The molecule has 0 atom stereocenters. The zero-order valence-electron chi connectivity index (χ0n) is 15.8. The summed E-state index contributed by atoms with van der Waals surface area (Å²) in [5.74, 6) is 0.243. The van der Waals surface area contributed by atoms with Crippen molar-refractivity contribution in [2.45, 2.75) is 29.7 Å². The van der Waals surface area contributed by atoms with E-state index in [1.165, 1.54) is 23.4 Å². The molecule has 6 nitrogen and oxygen atoms in total. The number of rotatable bonds is 9. The van der Waals surface area contributed by atoms with Crippen LogP contribution >= 0.6 is 11.8 Å². The van der Waals surface area contributed by atoms with E-state index >= 15 is 0 Å². The summed E-state index contributed by atoms with van der Waals surface area (Å²) in [6, 6.07) is 15.1. The molecule has 0 spiro atoms. The summed E-state index contributed by atoms with van der Waals surface area (Å²) in [5, 5.41) is 2.73. The largest absolute Gasteiger partial charge is 0.324 e. The third kappa shape index (κ3) is 5.57. The van der Waals surface area contributed by atoms with Gasteiger partial charge in [-0.15, -0.1) is 11.8 Å². The van der Waals surface area contributed by atoms with Gasteiger partial charge in [-0.3, -0.25) is 9.69 Å². The molecule has 28 heavy (non-hydrogen) atoms. The number of thioether (sulfide) groups is 1. The molecule has 0 saturated carbocycles. The van der Waals surface area contributed by atoms with E-state index in [-0.39, 0.29) is 10.8 Å². The molecule has 0 saturated heterocycles. The molecule has 1 aliphatic heterocycles. The van der Waals surface area contributed by atoms with Gasteiger partial charge < -0.3 is 5.32 Å². The maximum atomic E-state index is 12.6. The number of nitrogens with one attached hydrogen (secondary N) is 2. The van der Waals surface area contributed by atoms with E-state index < -0.39 is 10.0 Å². The summed E-state index contributed by atoms with van der Waals surface area (Å²) in [4.78, 5) is 14.9. The van der Waals surface area contributed by atoms with E-state index in [9.17, 15) is 13.2 Å². The van der Waals surface area contributed by atoms with Crippen LogP contribution in [0, 0.1) is 0 Å². The molecular weight excluding hydrogens is 394 g/mol.